The molecule has 0 aliphatic heterocycles. The van der Waals surface area contributed by atoms with Gasteiger partial charge in [0.05, 0.1) is 5.60 Å². The Labute approximate surface area is 69.8 Å². The van der Waals surface area contributed by atoms with Gasteiger partial charge < -0.3 is 5.11 Å². The molecule has 0 aromatic carbocycles. The van der Waals surface area contributed by atoms with E-state index in [0.717, 1.165) is 6.42 Å². The molecule has 0 aromatic rings. The van der Waals surface area contributed by atoms with Crippen molar-refractivity contribution < 1.29 is 5.11 Å². The maximum Gasteiger partial charge on any atom is 0.0650 e. The first-order valence-corrected chi connectivity index (χ1v) is 4.76. The first-order chi connectivity index (χ1) is 5.04. The van der Waals surface area contributed by atoms with E-state index >= 15 is 0 Å². The van der Waals surface area contributed by atoms with Gasteiger partial charge in [-0.3, -0.25) is 0 Å². The van der Waals surface area contributed by atoms with Crippen molar-refractivity contribution in [3.63, 3.8) is 0 Å². The van der Waals surface area contributed by atoms with Gasteiger partial charge in [0.15, 0.2) is 0 Å². The molecule has 66 valence electrons. The van der Waals surface area contributed by atoms with Gasteiger partial charge >= 0.3 is 0 Å². The molecule has 1 rings (SSSR count). The highest BCUT2D eigenvalue weighted by atomic mass is 16.3. The van der Waals surface area contributed by atoms with Crippen molar-refractivity contribution in [2.45, 2.75) is 52.1 Å². The van der Waals surface area contributed by atoms with Crippen molar-refractivity contribution in [3.05, 3.63) is 0 Å². The second kappa shape index (κ2) is 3.14. The van der Waals surface area contributed by atoms with Crippen LogP contribution in [0.1, 0.15) is 46.5 Å². The van der Waals surface area contributed by atoms with Gasteiger partial charge in [0.2, 0.25) is 0 Å². The maximum atomic E-state index is 10.0. The predicted octanol–water partition coefficient (Wildman–Crippen LogP) is 2.58. The van der Waals surface area contributed by atoms with Crippen molar-refractivity contribution in [1.29, 1.82) is 0 Å². The highest BCUT2D eigenvalue weighted by molar-refractivity contribution is 4.87. The molecule has 0 spiro atoms. The lowest BCUT2D eigenvalue weighted by Gasteiger charge is -2.39. The average Bonchev–Trinajstić information content (AvgIpc) is 1.85. The minimum Gasteiger partial charge on any atom is -0.390 e. The number of hydrogen-bond donors (Lipinski definition) is 1. The molecule has 1 N–H and O–H groups in total. The topological polar surface area (TPSA) is 20.2 Å². The Hall–Kier alpha value is -0.0400. The summed E-state index contributed by atoms with van der Waals surface area (Å²) in [5.41, 5.74) is -0.383. The van der Waals surface area contributed by atoms with Crippen LogP contribution < -0.4 is 0 Å². The monoisotopic (exact) mass is 156 g/mol. The molecule has 1 saturated carbocycles. The third-order valence-corrected chi connectivity index (χ3v) is 3.05. The van der Waals surface area contributed by atoms with Crippen LogP contribution in [-0.2, 0) is 0 Å². The smallest absolute Gasteiger partial charge is 0.0650 e. The van der Waals surface area contributed by atoms with E-state index in [0.29, 0.717) is 11.8 Å². The van der Waals surface area contributed by atoms with Crippen LogP contribution in [-0.4, -0.2) is 10.7 Å². The zero-order valence-electron chi connectivity index (χ0n) is 7.93. The Morgan fingerprint density at radius 2 is 2.00 bits per heavy atom. The Bertz CT molecular complexity index is 127. The van der Waals surface area contributed by atoms with Crippen LogP contribution in [0.4, 0.5) is 0 Å². The first-order valence-electron chi connectivity index (χ1n) is 4.76. The third-order valence-electron chi connectivity index (χ3n) is 3.05. The molecule has 0 bridgehead atoms. The van der Waals surface area contributed by atoms with Crippen molar-refractivity contribution in [1.82, 2.24) is 0 Å². The quantitative estimate of drug-likeness (QED) is 0.618. The van der Waals surface area contributed by atoms with E-state index in [1.165, 1.54) is 19.3 Å². The molecule has 0 aromatic heterocycles. The Morgan fingerprint density at radius 1 is 1.36 bits per heavy atom. The number of aliphatic hydroxyl groups is 1. The second-order valence-corrected chi connectivity index (χ2v) is 4.45. The minimum absolute atomic E-state index is 0.383. The number of hydrogen-bond acceptors (Lipinski definition) is 1. The summed E-state index contributed by atoms with van der Waals surface area (Å²) in [6.45, 7) is 6.42. The maximum absolute atomic E-state index is 10.0. The van der Waals surface area contributed by atoms with Crippen LogP contribution in [0.5, 0.6) is 0 Å². The molecule has 1 nitrogen and oxygen atoms in total. The van der Waals surface area contributed by atoms with Gasteiger partial charge in [0, 0.05) is 0 Å². The summed E-state index contributed by atoms with van der Waals surface area (Å²) < 4.78 is 0. The summed E-state index contributed by atoms with van der Waals surface area (Å²) in [6.07, 6.45) is 4.72. The van der Waals surface area contributed by atoms with Crippen LogP contribution in [0.25, 0.3) is 0 Å². The van der Waals surface area contributed by atoms with Gasteiger partial charge in [-0.1, -0.05) is 26.7 Å². The molecule has 0 heterocycles. The lowest BCUT2D eigenvalue weighted by atomic mass is 9.71. The first kappa shape index (κ1) is 9.05. The summed E-state index contributed by atoms with van der Waals surface area (Å²) >= 11 is 0. The Kier molecular flexibility index (Phi) is 2.58. The lowest BCUT2D eigenvalue weighted by molar-refractivity contribution is -0.0500. The lowest BCUT2D eigenvalue weighted by Crippen LogP contribution is -2.40. The zero-order chi connectivity index (χ0) is 8.48. The molecular weight excluding hydrogens is 136 g/mol. The van der Waals surface area contributed by atoms with E-state index in [1.807, 2.05) is 6.92 Å². The van der Waals surface area contributed by atoms with E-state index in [1.54, 1.807) is 0 Å². The molecule has 1 aliphatic carbocycles. The summed E-state index contributed by atoms with van der Waals surface area (Å²) in [7, 11) is 0. The summed E-state index contributed by atoms with van der Waals surface area (Å²) in [6, 6.07) is 0. The van der Waals surface area contributed by atoms with Gasteiger partial charge in [0.25, 0.3) is 0 Å². The fraction of sp³-hybridized carbons (Fsp3) is 1.00. The Morgan fingerprint density at radius 3 is 2.36 bits per heavy atom. The van der Waals surface area contributed by atoms with Crippen molar-refractivity contribution in [2.75, 3.05) is 0 Å². The predicted molar refractivity (Wildman–Crippen MR) is 47.4 cm³/mol. The van der Waals surface area contributed by atoms with Gasteiger partial charge in [-0.2, -0.15) is 0 Å². The van der Waals surface area contributed by atoms with Crippen LogP contribution in [0.2, 0.25) is 0 Å². The molecule has 0 amide bonds. The van der Waals surface area contributed by atoms with Crippen molar-refractivity contribution in [3.8, 4) is 0 Å². The molecule has 1 fully saturated rings. The molecule has 0 unspecified atom stereocenters. The fourth-order valence-electron chi connectivity index (χ4n) is 2.39. The fourth-order valence-corrected chi connectivity index (χ4v) is 2.39. The van der Waals surface area contributed by atoms with E-state index in [4.69, 9.17) is 0 Å². The van der Waals surface area contributed by atoms with Crippen molar-refractivity contribution in [2.24, 2.45) is 11.8 Å². The average molecular weight is 156 g/mol. The molecule has 1 heteroatoms. The normalized spacial score (nSPS) is 39.5. The summed E-state index contributed by atoms with van der Waals surface area (Å²) in [5, 5.41) is 10.0. The van der Waals surface area contributed by atoms with E-state index < -0.39 is 0 Å². The van der Waals surface area contributed by atoms with E-state index in [2.05, 4.69) is 13.8 Å². The molecule has 11 heavy (non-hydrogen) atoms. The molecule has 0 saturated heterocycles. The van der Waals surface area contributed by atoms with Gasteiger partial charge in [-0.25, -0.2) is 0 Å². The van der Waals surface area contributed by atoms with E-state index in [9.17, 15) is 5.11 Å². The van der Waals surface area contributed by atoms with Crippen molar-refractivity contribution >= 4 is 0 Å². The highest BCUT2D eigenvalue weighted by Gasteiger charge is 2.35. The number of rotatable bonds is 1. The summed E-state index contributed by atoms with van der Waals surface area (Å²) in [5.74, 6) is 1.15. The summed E-state index contributed by atoms with van der Waals surface area (Å²) in [4.78, 5) is 0. The molecular formula is C10H20O. The SMILES string of the molecule is CC(C)[C@@H]1CCCC[C@@]1(C)O. The zero-order valence-corrected chi connectivity index (χ0v) is 7.93. The third kappa shape index (κ3) is 1.96. The largest absolute Gasteiger partial charge is 0.390 e. The van der Waals surface area contributed by atoms with Gasteiger partial charge in [-0.05, 0) is 31.6 Å². The van der Waals surface area contributed by atoms with Crippen LogP contribution in [0, 0.1) is 11.8 Å². The Balaban J connectivity index is 2.60. The van der Waals surface area contributed by atoms with Gasteiger partial charge in [-0.15, -0.1) is 0 Å². The molecule has 0 radical (unpaired) electrons. The molecule has 2 atom stereocenters. The van der Waals surface area contributed by atoms with Crippen LogP contribution in [0.15, 0.2) is 0 Å². The minimum atomic E-state index is -0.383. The molecule has 1 aliphatic rings. The van der Waals surface area contributed by atoms with Crippen LogP contribution >= 0.6 is 0 Å². The van der Waals surface area contributed by atoms with E-state index in [-0.39, 0.29) is 5.60 Å². The highest BCUT2D eigenvalue weighted by Crippen LogP contribution is 2.37. The second-order valence-electron chi connectivity index (χ2n) is 4.45. The van der Waals surface area contributed by atoms with Crippen LogP contribution in [0.3, 0.4) is 0 Å². The van der Waals surface area contributed by atoms with Gasteiger partial charge in [0.1, 0.15) is 0 Å². The standard InChI is InChI=1S/C10H20O/c1-8(2)9-6-4-5-7-10(9,3)11/h8-9,11H,4-7H2,1-3H3/t9-,10+/m0/s1.